The molecule has 0 aromatic heterocycles. The lowest BCUT2D eigenvalue weighted by Crippen LogP contribution is -2.32. The van der Waals surface area contributed by atoms with Gasteiger partial charge in [-0.3, -0.25) is 14.9 Å². The molecule has 0 fully saturated rings. The summed E-state index contributed by atoms with van der Waals surface area (Å²) >= 11 is 0. The van der Waals surface area contributed by atoms with E-state index in [2.05, 4.69) is 0 Å². The molecule has 0 rings (SSSR count). The summed E-state index contributed by atoms with van der Waals surface area (Å²) in [5, 5.41) is 2.02. The van der Waals surface area contributed by atoms with Gasteiger partial charge in [0, 0.05) is 0 Å². The Morgan fingerprint density at radius 1 is 1.67 bits per heavy atom. The molecule has 0 radical (unpaired) electrons. The SMILES string of the molecule is CN(C)CC(=O)NC=O. The van der Waals surface area contributed by atoms with E-state index in [0.29, 0.717) is 6.41 Å². The topological polar surface area (TPSA) is 49.4 Å². The van der Waals surface area contributed by atoms with Crippen LogP contribution in [0.1, 0.15) is 0 Å². The molecule has 0 aliphatic heterocycles. The van der Waals surface area contributed by atoms with Gasteiger partial charge >= 0.3 is 0 Å². The number of hydrogen-bond donors (Lipinski definition) is 1. The Bertz CT molecular complexity index is 112. The predicted molar refractivity (Wildman–Crippen MR) is 32.8 cm³/mol. The summed E-state index contributed by atoms with van der Waals surface area (Å²) in [5.74, 6) is -0.282. The highest BCUT2D eigenvalue weighted by molar-refractivity contribution is 5.87. The molecule has 0 bridgehead atoms. The van der Waals surface area contributed by atoms with E-state index in [0.717, 1.165) is 0 Å². The lowest BCUT2D eigenvalue weighted by atomic mass is 10.5. The van der Waals surface area contributed by atoms with Crippen molar-refractivity contribution in [1.82, 2.24) is 10.2 Å². The number of carbonyl (C=O) groups is 2. The second kappa shape index (κ2) is 4.03. The van der Waals surface area contributed by atoms with Crippen molar-refractivity contribution in [3.8, 4) is 0 Å². The van der Waals surface area contributed by atoms with Gasteiger partial charge in [0.05, 0.1) is 6.54 Å². The number of hydrogen-bond acceptors (Lipinski definition) is 3. The summed E-state index contributed by atoms with van der Waals surface area (Å²) in [6.45, 7) is 0.249. The van der Waals surface area contributed by atoms with Gasteiger partial charge in [-0.25, -0.2) is 0 Å². The van der Waals surface area contributed by atoms with Gasteiger partial charge in [0.25, 0.3) is 0 Å². The average Bonchev–Trinajstić information content (AvgIpc) is 1.63. The third-order valence-corrected chi connectivity index (χ3v) is 0.680. The van der Waals surface area contributed by atoms with Crippen molar-refractivity contribution in [2.75, 3.05) is 20.6 Å². The summed E-state index contributed by atoms with van der Waals surface area (Å²) in [5.41, 5.74) is 0. The molecule has 2 amide bonds. The van der Waals surface area contributed by atoms with Crippen molar-refractivity contribution in [1.29, 1.82) is 0 Å². The molecule has 0 saturated heterocycles. The summed E-state index contributed by atoms with van der Waals surface area (Å²) in [4.78, 5) is 21.8. The molecule has 0 heterocycles. The average molecular weight is 130 g/mol. The first-order chi connectivity index (χ1) is 4.16. The highest BCUT2D eigenvalue weighted by Crippen LogP contribution is 1.70. The molecule has 0 unspecified atom stereocenters. The van der Waals surface area contributed by atoms with E-state index in [1.165, 1.54) is 0 Å². The van der Waals surface area contributed by atoms with E-state index in [1.807, 2.05) is 5.32 Å². The highest BCUT2D eigenvalue weighted by atomic mass is 16.2. The van der Waals surface area contributed by atoms with Crippen LogP contribution in [0.4, 0.5) is 0 Å². The van der Waals surface area contributed by atoms with Gasteiger partial charge in [-0.2, -0.15) is 0 Å². The summed E-state index contributed by atoms with van der Waals surface area (Å²) in [7, 11) is 3.51. The van der Waals surface area contributed by atoms with E-state index < -0.39 is 0 Å². The van der Waals surface area contributed by atoms with E-state index in [1.54, 1.807) is 19.0 Å². The van der Waals surface area contributed by atoms with Gasteiger partial charge in [-0.05, 0) is 14.1 Å². The molecule has 0 aliphatic rings. The summed E-state index contributed by atoms with van der Waals surface area (Å²) < 4.78 is 0. The second-order valence-electron chi connectivity index (χ2n) is 1.92. The van der Waals surface area contributed by atoms with Gasteiger partial charge in [-0.1, -0.05) is 0 Å². The third kappa shape index (κ3) is 4.96. The lowest BCUT2D eigenvalue weighted by molar-refractivity contribution is -0.125. The van der Waals surface area contributed by atoms with E-state index in [9.17, 15) is 9.59 Å². The van der Waals surface area contributed by atoms with Crippen LogP contribution in [-0.2, 0) is 9.59 Å². The van der Waals surface area contributed by atoms with Crippen LogP contribution >= 0.6 is 0 Å². The fourth-order valence-electron chi connectivity index (χ4n) is 0.399. The van der Waals surface area contributed by atoms with Crippen molar-refractivity contribution in [3.63, 3.8) is 0 Å². The van der Waals surface area contributed by atoms with Crippen LogP contribution in [0.25, 0.3) is 0 Å². The van der Waals surface area contributed by atoms with Gasteiger partial charge in [-0.15, -0.1) is 0 Å². The number of nitrogens with one attached hydrogen (secondary N) is 1. The fourth-order valence-corrected chi connectivity index (χ4v) is 0.399. The zero-order chi connectivity index (χ0) is 7.28. The normalized spacial score (nSPS) is 9.22. The number of imide groups is 1. The van der Waals surface area contributed by atoms with Gasteiger partial charge < -0.3 is 4.90 Å². The quantitative estimate of drug-likeness (QED) is 0.489. The molecule has 0 aromatic carbocycles. The Morgan fingerprint density at radius 3 is 2.56 bits per heavy atom. The van der Waals surface area contributed by atoms with Crippen LogP contribution in [0.5, 0.6) is 0 Å². The molecule has 9 heavy (non-hydrogen) atoms. The molecule has 0 saturated carbocycles. The van der Waals surface area contributed by atoms with Gasteiger partial charge in [0.15, 0.2) is 0 Å². The Hall–Kier alpha value is -0.900. The molecule has 0 aliphatic carbocycles. The Labute approximate surface area is 53.8 Å². The highest BCUT2D eigenvalue weighted by Gasteiger charge is 1.98. The standard InChI is InChI=1S/C5H10N2O2/c1-7(2)3-5(9)6-4-8/h4H,3H2,1-2H3,(H,6,8,9). The molecule has 52 valence electrons. The number of nitrogens with zero attached hydrogens (tertiary/aromatic N) is 1. The predicted octanol–water partition coefficient (Wildman–Crippen LogP) is -1.18. The molecular weight excluding hydrogens is 120 g/mol. The number of rotatable bonds is 3. The number of likely N-dealkylation sites (N-methyl/N-ethyl adjacent to an activating group) is 1. The monoisotopic (exact) mass is 130 g/mol. The molecule has 0 atom stereocenters. The van der Waals surface area contributed by atoms with E-state index in [4.69, 9.17) is 0 Å². The smallest absolute Gasteiger partial charge is 0.240 e. The van der Waals surface area contributed by atoms with Crippen LogP contribution < -0.4 is 5.32 Å². The minimum Gasteiger partial charge on any atom is -0.301 e. The minimum absolute atomic E-state index is 0.249. The van der Waals surface area contributed by atoms with Crippen LogP contribution in [0.3, 0.4) is 0 Å². The molecule has 1 N–H and O–H groups in total. The van der Waals surface area contributed by atoms with Crippen molar-refractivity contribution in [3.05, 3.63) is 0 Å². The van der Waals surface area contributed by atoms with Gasteiger partial charge in [0.1, 0.15) is 0 Å². The Kier molecular flexibility index (Phi) is 3.62. The van der Waals surface area contributed by atoms with Crippen LogP contribution in [0.15, 0.2) is 0 Å². The van der Waals surface area contributed by atoms with Crippen molar-refractivity contribution < 1.29 is 9.59 Å². The van der Waals surface area contributed by atoms with Gasteiger partial charge in [0.2, 0.25) is 12.3 Å². The first-order valence-electron chi connectivity index (χ1n) is 2.54. The maximum absolute atomic E-state index is 10.5. The maximum Gasteiger partial charge on any atom is 0.240 e. The van der Waals surface area contributed by atoms with E-state index in [-0.39, 0.29) is 12.5 Å². The number of amides is 2. The van der Waals surface area contributed by atoms with Crippen LogP contribution in [-0.4, -0.2) is 37.9 Å². The zero-order valence-electron chi connectivity index (χ0n) is 5.55. The Morgan fingerprint density at radius 2 is 2.22 bits per heavy atom. The minimum atomic E-state index is -0.282. The van der Waals surface area contributed by atoms with Crippen molar-refractivity contribution >= 4 is 12.3 Å². The molecule has 0 aromatic rings. The van der Waals surface area contributed by atoms with Crippen LogP contribution in [0.2, 0.25) is 0 Å². The maximum atomic E-state index is 10.5. The first kappa shape index (κ1) is 8.10. The molecule has 4 nitrogen and oxygen atoms in total. The van der Waals surface area contributed by atoms with E-state index >= 15 is 0 Å². The number of carbonyl (C=O) groups excluding carboxylic acids is 2. The second-order valence-corrected chi connectivity index (χ2v) is 1.92. The third-order valence-electron chi connectivity index (χ3n) is 0.680. The molecule has 4 heteroatoms. The largest absolute Gasteiger partial charge is 0.301 e. The molecular formula is C5H10N2O2. The van der Waals surface area contributed by atoms with Crippen molar-refractivity contribution in [2.24, 2.45) is 0 Å². The zero-order valence-corrected chi connectivity index (χ0v) is 5.55. The van der Waals surface area contributed by atoms with Crippen molar-refractivity contribution in [2.45, 2.75) is 0 Å². The first-order valence-corrected chi connectivity index (χ1v) is 2.54. The fraction of sp³-hybridized carbons (Fsp3) is 0.600. The lowest BCUT2D eigenvalue weighted by Gasteiger charge is -2.05. The summed E-state index contributed by atoms with van der Waals surface area (Å²) in [6.07, 6.45) is 0.381. The summed E-state index contributed by atoms with van der Waals surface area (Å²) in [6, 6.07) is 0. The Balaban J connectivity index is 3.38. The molecule has 0 spiro atoms. The van der Waals surface area contributed by atoms with Crippen LogP contribution in [0, 0.1) is 0 Å².